The van der Waals surface area contributed by atoms with Gasteiger partial charge >= 0.3 is 18.0 Å². The van der Waals surface area contributed by atoms with E-state index < -0.39 is 69.2 Å². The molecule has 20 nitrogen and oxygen atoms in total. The standard InChI is InChI=1S/C28H41N11O9S3/c1-25(2,3)46-21(44)27(7,8)48-34-14(16-32-22(29)51-35-16)17(40)31-15-18(41)38-11-28(20(42)43,12-49-19(15)38)13-50-23-33-36-37-39(23)10-9-30-24(45)47-26(4,5)6/h15,19H,9-13H2,1-8H3,(H,30,45)(H,31,40)(H,42,43)(H2,29,32,35)/t15?,19-,28?/m1/s1. The average Bonchev–Trinajstić information content (AvgIpc) is 3.65. The van der Waals surface area contributed by atoms with Crippen LogP contribution in [0.3, 0.4) is 0 Å². The van der Waals surface area contributed by atoms with Crippen LogP contribution in [0.25, 0.3) is 0 Å². The van der Waals surface area contributed by atoms with Gasteiger partial charge in [-0.3, -0.25) is 14.4 Å². The second-order valence-electron chi connectivity index (χ2n) is 14.1. The van der Waals surface area contributed by atoms with Crippen molar-refractivity contribution in [2.45, 2.75) is 95.3 Å². The van der Waals surface area contributed by atoms with Gasteiger partial charge in [-0.2, -0.15) is 9.36 Å². The van der Waals surface area contributed by atoms with Crippen LogP contribution < -0.4 is 16.4 Å². The number of aliphatic carboxylic acids is 1. The van der Waals surface area contributed by atoms with Gasteiger partial charge in [-0.05, 0) is 65.8 Å². The number of rotatable bonds is 13. The molecule has 0 spiro atoms. The molecule has 2 unspecified atom stereocenters. The molecule has 3 atom stereocenters. The molecular formula is C28H41N11O9S3. The number of ether oxygens (including phenoxy) is 2. The van der Waals surface area contributed by atoms with Crippen molar-refractivity contribution in [2.75, 3.05) is 30.3 Å². The maximum atomic E-state index is 13.5. The molecule has 3 amide bonds. The van der Waals surface area contributed by atoms with Crippen LogP contribution >= 0.6 is 35.1 Å². The quantitative estimate of drug-likeness (QED) is 0.0719. The first-order chi connectivity index (χ1) is 23.6. The van der Waals surface area contributed by atoms with E-state index in [9.17, 15) is 29.1 Å². The molecule has 23 heteroatoms. The van der Waals surface area contributed by atoms with E-state index in [0.29, 0.717) is 5.16 Å². The molecule has 0 bridgehead atoms. The molecule has 0 aliphatic carbocycles. The molecular weight excluding hydrogens is 731 g/mol. The number of thioether (sulfide) groups is 2. The predicted octanol–water partition coefficient (Wildman–Crippen LogP) is 0.736. The summed E-state index contributed by atoms with van der Waals surface area (Å²) >= 11 is 3.11. The largest absolute Gasteiger partial charge is 0.481 e. The number of nitrogens with zero attached hydrogens (tertiary/aromatic N) is 8. The van der Waals surface area contributed by atoms with Crippen LogP contribution in [0, 0.1) is 5.41 Å². The van der Waals surface area contributed by atoms with Gasteiger partial charge in [0.15, 0.2) is 5.13 Å². The minimum Gasteiger partial charge on any atom is -0.481 e. The lowest BCUT2D eigenvalue weighted by atomic mass is 9.89. The normalized spacial score (nSPS) is 20.9. The lowest BCUT2D eigenvalue weighted by Crippen LogP contribution is -2.74. The maximum absolute atomic E-state index is 13.5. The molecule has 0 radical (unpaired) electrons. The second-order valence-corrected chi connectivity index (χ2v) is 16.9. The Labute approximate surface area is 305 Å². The number of tetrazole rings is 1. The molecule has 0 saturated carbocycles. The summed E-state index contributed by atoms with van der Waals surface area (Å²) in [4.78, 5) is 74.9. The lowest BCUT2D eigenvalue weighted by Gasteiger charge is -2.53. The van der Waals surface area contributed by atoms with E-state index in [1.165, 1.54) is 35.2 Å². The zero-order chi connectivity index (χ0) is 37.9. The number of fused-ring (bicyclic) bond motifs is 1. The van der Waals surface area contributed by atoms with Gasteiger partial charge in [-0.15, -0.1) is 16.9 Å². The zero-order valence-corrected chi connectivity index (χ0v) is 31.7. The van der Waals surface area contributed by atoms with E-state index in [4.69, 9.17) is 20.0 Å². The number of oxime groups is 1. The summed E-state index contributed by atoms with van der Waals surface area (Å²) in [5.74, 6) is -3.27. The van der Waals surface area contributed by atoms with Crippen LogP contribution in [0.15, 0.2) is 10.3 Å². The Hall–Kier alpha value is -4.25. The van der Waals surface area contributed by atoms with E-state index in [2.05, 4.69) is 40.7 Å². The SMILES string of the molecule is CC(C)(C)OC(=O)NCCn1nnnc1SCC1(C(=O)O)CS[C@@H]2C(NC(=O)C(=NOC(C)(C)C(=O)OC(C)(C)C)c3nsc(N)n3)C(=O)N2C1. The molecule has 2 aliphatic heterocycles. The predicted molar refractivity (Wildman–Crippen MR) is 185 cm³/mol. The van der Waals surface area contributed by atoms with Gasteiger partial charge in [0.2, 0.25) is 28.2 Å². The van der Waals surface area contributed by atoms with Crippen LogP contribution in [0.1, 0.15) is 61.2 Å². The first-order valence-corrected chi connectivity index (χ1v) is 18.3. The number of aromatic nitrogens is 6. The Balaban J connectivity index is 1.39. The summed E-state index contributed by atoms with van der Waals surface area (Å²) in [6.45, 7) is 13.4. The monoisotopic (exact) mass is 771 g/mol. The number of hydrogen-bond donors (Lipinski definition) is 4. The Morgan fingerprint density at radius 1 is 1.12 bits per heavy atom. The number of hydrogen-bond acceptors (Lipinski definition) is 18. The van der Waals surface area contributed by atoms with Gasteiger partial charge in [0.1, 0.15) is 28.0 Å². The van der Waals surface area contributed by atoms with Crippen LogP contribution in [0.2, 0.25) is 0 Å². The first kappa shape index (κ1) is 39.5. The third kappa shape index (κ3) is 9.96. The van der Waals surface area contributed by atoms with E-state index in [1.807, 2.05) is 0 Å². The summed E-state index contributed by atoms with van der Waals surface area (Å²) in [7, 11) is 0. The summed E-state index contributed by atoms with van der Waals surface area (Å²) in [6, 6.07) is -1.02. The lowest BCUT2D eigenvalue weighted by molar-refractivity contribution is -0.179. The van der Waals surface area contributed by atoms with E-state index in [0.717, 1.165) is 23.3 Å². The number of carbonyl (C=O) groups excluding carboxylic acids is 4. The topological polar surface area (TPSA) is 268 Å². The molecule has 5 N–H and O–H groups in total. The minimum atomic E-state index is -1.61. The maximum Gasteiger partial charge on any atom is 0.407 e. The van der Waals surface area contributed by atoms with Gasteiger partial charge in [-0.1, -0.05) is 16.9 Å². The molecule has 2 fully saturated rings. The van der Waals surface area contributed by atoms with Gasteiger partial charge in [-0.25, -0.2) is 14.3 Å². The molecule has 280 valence electrons. The molecule has 4 rings (SSSR count). The van der Waals surface area contributed by atoms with Crippen molar-refractivity contribution >= 4 is 75.7 Å². The van der Waals surface area contributed by atoms with Gasteiger partial charge in [0.05, 0.1) is 6.54 Å². The highest BCUT2D eigenvalue weighted by Crippen LogP contribution is 2.44. The fraction of sp³-hybridized carbons (Fsp3) is 0.679. The van der Waals surface area contributed by atoms with Crippen LogP contribution in [-0.4, -0.2) is 128 Å². The molecule has 51 heavy (non-hydrogen) atoms. The Morgan fingerprint density at radius 2 is 1.80 bits per heavy atom. The summed E-state index contributed by atoms with van der Waals surface area (Å²) in [5.41, 5.74) is 0.856. The Kier molecular flexibility index (Phi) is 11.7. The fourth-order valence-corrected chi connectivity index (χ4v) is 7.65. The number of carboxylic acid groups (broad SMARTS) is 1. The molecule has 2 aromatic rings. The number of amides is 3. The summed E-state index contributed by atoms with van der Waals surface area (Å²) in [6.07, 6.45) is -0.597. The highest BCUT2D eigenvalue weighted by Gasteiger charge is 2.57. The molecule has 2 saturated heterocycles. The van der Waals surface area contributed by atoms with E-state index >= 15 is 0 Å². The van der Waals surface area contributed by atoms with Crippen molar-refractivity contribution in [3.05, 3.63) is 5.82 Å². The number of carbonyl (C=O) groups is 5. The number of carboxylic acids is 1. The number of alkyl carbamates (subject to hydrolysis) is 1. The van der Waals surface area contributed by atoms with Crippen molar-refractivity contribution in [1.29, 1.82) is 0 Å². The average molecular weight is 772 g/mol. The van der Waals surface area contributed by atoms with E-state index in [-0.39, 0.29) is 42.1 Å². The molecule has 2 aromatic heterocycles. The zero-order valence-electron chi connectivity index (χ0n) is 29.3. The molecule has 2 aliphatic rings. The molecule has 4 heterocycles. The van der Waals surface area contributed by atoms with Crippen molar-refractivity contribution < 1.29 is 43.4 Å². The number of nitrogens with two attached hydrogens (primary N) is 1. The smallest absolute Gasteiger partial charge is 0.407 e. The Bertz CT molecular complexity index is 1680. The Morgan fingerprint density at radius 3 is 2.41 bits per heavy atom. The highest BCUT2D eigenvalue weighted by molar-refractivity contribution is 8.00. The van der Waals surface area contributed by atoms with Crippen LogP contribution in [0.4, 0.5) is 9.93 Å². The van der Waals surface area contributed by atoms with E-state index in [1.54, 1.807) is 41.5 Å². The fourth-order valence-electron chi connectivity index (χ4n) is 4.45. The van der Waals surface area contributed by atoms with Crippen molar-refractivity contribution in [3.63, 3.8) is 0 Å². The van der Waals surface area contributed by atoms with Crippen molar-refractivity contribution in [2.24, 2.45) is 10.6 Å². The van der Waals surface area contributed by atoms with Crippen LogP contribution in [-0.2, 0) is 40.0 Å². The number of β-lactam (4-membered cyclic amide) rings is 1. The van der Waals surface area contributed by atoms with Gasteiger partial charge in [0.25, 0.3) is 5.91 Å². The third-order valence-corrected chi connectivity index (χ3v) is 10.4. The van der Waals surface area contributed by atoms with Crippen LogP contribution in [0.5, 0.6) is 0 Å². The third-order valence-electron chi connectivity index (χ3n) is 6.98. The van der Waals surface area contributed by atoms with Gasteiger partial charge in [0, 0.05) is 36.1 Å². The first-order valence-electron chi connectivity index (χ1n) is 15.5. The number of esters is 1. The minimum absolute atomic E-state index is 0.0290. The number of anilines is 1. The second kappa shape index (κ2) is 15.2. The van der Waals surface area contributed by atoms with Gasteiger partial charge < -0.3 is 40.7 Å². The molecule has 0 aromatic carbocycles. The number of nitrogen functional groups attached to an aromatic ring is 1. The highest BCUT2D eigenvalue weighted by atomic mass is 32.2. The summed E-state index contributed by atoms with van der Waals surface area (Å²) in [5, 5.41) is 30.8. The van der Waals surface area contributed by atoms with Crippen molar-refractivity contribution in [1.82, 2.24) is 45.1 Å². The van der Waals surface area contributed by atoms with Crippen molar-refractivity contribution in [3.8, 4) is 0 Å². The summed E-state index contributed by atoms with van der Waals surface area (Å²) < 4.78 is 16.0. The number of nitrogens with one attached hydrogen (secondary N) is 2.